The summed E-state index contributed by atoms with van der Waals surface area (Å²) in [5.41, 5.74) is 17.3. The van der Waals surface area contributed by atoms with Gasteiger partial charge in [0.25, 0.3) is 0 Å². The van der Waals surface area contributed by atoms with Crippen molar-refractivity contribution in [1.29, 1.82) is 0 Å². The fraction of sp³-hybridized carbons (Fsp3) is 0.0612. The third-order valence-electron chi connectivity index (χ3n) is 11.9. The zero-order chi connectivity index (χ0) is 33.3. The van der Waals surface area contributed by atoms with Crippen LogP contribution >= 0.6 is 11.3 Å². The summed E-state index contributed by atoms with van der Waals surface area (Å²) in [7, 11) is 0. The molecule has 0 radical (unpaired) electrons. The van der Waals surface area contributed by atoms with Crippen LogP contribution in [0.4, 0.5) is 17.1 Å². The first-order chi connectivity index (χ1) is 25.3. The van der Waals surface area contributed by atoms with E-state index in [2.05, 4.69) is 169 Å². The van der Waals surface area contributed by atoms with E-state index in [1.165, 1.54) is 92.3 Å². The van der Waals surface area contributed by atoms with E-state index in [9.17, 15) is 0 Å². The Balaban J connectivity index is 1.24. The molecule has 1 aromatic heterocycles. The summed E-state index contributed by atoms with van der Waals surface area (Å²) < 4.78 is 2.69. The highest BCUT2D eigenvalue weighted by Crippen LogP contribution is 2.64. The molecule has 0 unspecified atom stereocenters. The lowest BCUT2D eigenvalue weighted by Gasteiger charge is -2.40. The number of nitrogens with zero attached hydrogens (tertiary/aromatic N) is 1. The second-order valence-electron chi connectivity index (χ2n) is 14.3. The molecule has 1 spiro atoms. The summed E-state index contributed by atoms with van der Waals surface area (Å²) in [4.78, 5) is 2.42. The van der Waals surface area contributed by atoms with Crippen LogP contribution in [0.15, 0.2) is 164 Å². The third-order valence-corrected chi connectivity index (χ3v) is 13.2. The summed E-state index contributed by atoms with van der Waals surface area (Å²) in [5.74, 6) is 0. The number of hydrogen-bond acceptors (Lipinski definition) is 2. The molecule has 1 heterocycles. The first-order valence-electron chi connectivity index (χ1n) is 18.0. The molecule has 238 valence electrons. The molecule has 2 heteroatoms. The zero-order valence-electron chi connectivity index (χ0n) is 27.9. The monoisotopic (exact) mass is 665 g/mol. The minimum atomic E-state index is -0.400. The van der Waals surface area contributed by atoms with Crippen molar-refractivity contribution in [2.24, 2.45) is 0 Å². The Morgan fingerprint density at radius 1 is 0.412 bits per heavy atom. The Kier molecular flexibility index (Phi) is 5.49. The number of aryl methyl sites for hydroxylation is 2. The average Bonchev–Trinajstić information content (AvgIpc) is 3.88. The van der Waals surface area contributed by atoms with Gasteiger partial charge in [-0.3, -0.25) is 0 Å². The van der Waals surface area contributed by atoms with Crippen LogP contribution < -0.4 is 4.90 Å². The van der Waals surface area contributed by atoms with E-state index in [-0.39, 0.29) is 0 Å². The Bertz CT molecular complexity index is 2820. The standard InChI is InChI=1S/C49H31NS/c1-3-12-32(13-4-1)50(33-14-5-2-6-15-33)43-21-11-18-36-37-27-29-42-46(48(37)51-47(36)43)38-26-24-30-22-23-31-25-28-41(45(38)44(30)31)49(42)39-19-9-7-16-34(39)35-17-8-10-20-40(35)49/h1-21,24-29H,22-23H2. The van der Waals surface area contributed by atoms with Crippen LogP contribution in [-0.2, 0) is 18.3 Å². The fourth-order valence-corrected chi connectivity index (χ4v) is 11.4. The molecule has 9 aromatic rings. The molecule has 0 saturated heterocycles. The van der Waals surface area contributed by atoms with Gasteiger partial charge in [-0.25, -0.2) is 0 Å². The fourth-order valence-electron chi connectivity index (χ4n) is 9.99. The van der Waals surface area contributed by atoms with Crippen LogP contribution in [0.1, 0.15) is 33.4 Å². The van der Waals surface area contributed by atoms with Gasteiger partial charge in [-0.05, 0) is 104 Å². The summed E-state index contributed by atoms with van der Waals surface area (Å²) in [6.07, 6.45) is 2.24. The van der Waals surface area contributed by atoms with E-state index in [0.29, 0.717) is 0 Å². The predicted molar refractivity (Wildman–Crippen MR) is 215 cm³/mol. The second-order valence-corrected chi connectivity index (χ2v) is 15.3. The maximum absolute atomic E-state index is 2.49. The van der Waals surface area contributed by atoms with E-state index in [0.717, 1.165) is 24.2 Å². The molecule has 8 aromatic carbocycles. The number of benzene rings is 8. The molecule has 0 saturated carbocycles. The van der Waals surface area contributed by atoms with Gasteiger partial charge in [0.15, 0.2) is 0 Å². The van der Waals surface area contributed by atoms with Crippen molar-refractivity contribution in [3.8, 4) is 22.3 Å². The largest absolute Gasteiger partial charge is 0.309 e. The number of rotatable bonds is 3. The van der Waals surface area contributed by atoms with Crippen LogP contribution in [0.25, 0.3) is 53.2 Å². The smallest absolute Gasteiger partial charge is 0.0726 e. The van der Waals surface area contributed by atoms with E-state index in [1.807, 2.05) is 11.3 Å². The highest BCUT2D eigenvalue weighted by Gasteiger charge is 2.51. The first kappa shape index (κ1) is 27.8. The molecule has 0 fully saturated rings. The minimum absolute atomic E-state index is 0.400. The summed E-state index contributed by atoms with van der Waals surface area (Å²) in [5, 5.41) is 5.60. The van der Waals surface area contributed by atoms with Crippen LogP contribution in [0.3, 0.4) is 0 Å². The lowest BCUT2D eigenvalue weighted by molar-refractivity contribution is 0.775. The van der Waals surface area contributed by atoms with E-state index >= 15 is 0 Å². The van der Waals surface area contributed by atoms with Crippen molar-refractivity contribution >= 4 is 59.3 Å². The molecule has 0 aliphatic heterocycles. The molecule has 1 nitrogen and oxygen atoms in total. The van der Waals surface area contributed by atoms with Crippen molar-refractivity contribution in [2.75, 3.05) is 4.90 Å². The van der Waals surface area contributed by atoms with Gasteiger partial charge < -0.3 is 4.90 Å². The van der Waals surface area contributed by atoms with Gasteiger partial charge in [0.1, 0.15) is 0 Å². The topological polar surface area (TPSA) is 3.24 Å². The lowest BCUT2D eigenvalue weighted by Crippen LogP contribution is -2.32. The van der Waals surface area contributed by atoms with Gasteiger partial charge in [0.2, 0.25) is 0 Å². The molecular formula is C49H31NS. The quantitative estimate of drug-likeness (QED) is 0.182. The van der Waals surface area contributed by atoms with Crippen molar-refractivity contribution in [3.63, 3.8) is 0 Å². The number of hydrogen-bond donors (Lipinski definition) is 0. The SMILES string of the molecule is c1ccc(N(c2ccccc2)c2cccc3c2sc2c4c(ccc23)C2(c3ccccc3-c3ccccc32)c2ccc3c5c(ccc-4c25)CC3)cc1. The molecular weight excluding hydrogens is 635 g/mol. The maximum atomic E-state index is 2.49. The highest BCUT2D eigenvalue weighted by atomic mass is 32.1. The Morgan fingerprint density at radius 3 is 1.69 bits per heavy atom. The number of anilines is 3. The molecule has 3 aliphatic rings. The minimum Gasteiger partial charge on any atom is -0.309 e. The summed E-state index contributed by atoms with van der Waals surface area (Å²) in [6.45, 7) is 0. The van der Waals surface area contributed by atoms with Gasteiger partial charge in [0, 0.05) is 32.4 Å². The first-order valence-corrected chi connectivity index (χ1v) is 18.8. The Morgan fingerprint density at radius 2 is 1.00 bits per heavy atom. The van der Waals surface area contributed by atoms with E-state index in [4.69, 9.17) is 0 Å². The van der Waals surface area contributed by atoms with Crippen LogP contribution in [0.2, 0.25) is 0 Å². The highest BCUT2D eigenvalue weighted by molar-refractivity contribution is 7.27. The predicted octanol–water partition coefficient (Wildman–Crippen LogP) is 13.1. The molecule has 3 aliphatic carbocycles. The van der Waals surface area contributed by atoms with Gasteiger partial charge in [0.05, 0.1) is 15.8 Å². The van der Waals surface area contributed by atoms with E-state index < -0.39 is 5.41 Å². The summed E-state index contributed by atoms with van der Waals surface area (Å²) in [6, 6.07) is 61.6. The van der Waals surface area contributed by atoms with Crippen molar-refractivity contribution in [1.82, 2.24) is 0 Å². The maximum Gasteiger partial charge on any atom is 0.0726 e. The van der Waals surface area contributed by atoms with Gasteiger partial charge in [-0.1, -0.05) is 133 Å². The van der Waals surface area contributed by atoms with Crippen LogP contribution in [0, 0.1) is 0 Å². The summed E-state index contributed by atoms with van der Waals surface area (Å²) >= 11 is 1.97. The molecule has 51 heavy (non-hydrogen) atoms. The zero-order valence-corrected chi connectivity index (χ0v) is 28.7. The molecule has 0 bridgehead atoms. The molecule has 12 rings (SSSR count). The Hall–Kier alpha value is -5.96. The number of para-hydroxylation sites is 2. The van der Waals surface area contributed by atoms with Crippen molar-refractivity contribution < 1.29 is 0 Å². The number of thiophene rings is 1. The van der Waals surface area contributed by atoms with Crippen molar-refractivity contribution in [2.45, 2.75) is 18.3 Å². The van der Waals surface area contributed by atoms with Crippen LogP contribution in [0.5, 0.6) is 0 Å². The van der Waals surface area contributed by atoms with Gasteiger partial charge in [-0.2, -0.15) is 0 Å². The number of fused-ring (bicyclic) bond motifs is 13. The van der Waals surface area contributed by atoms with Crippen molar-refractivity contribution in [3.05, 3.63) is 197 Å². The van der Waals surface area contributed by atoms with E-state index in [1.54, 1.807) is 0 Å². The molecule has 0 amide bonds. The molecule has 0 atom stereocenters. The normalized spacial score (nSPS) is 14.3. The Labute approximate surface area is 300 Å². The van der Waals surface area contributed by atoms with Gasteiger partial charge >= 0.3 is 0 Å². The third kappa shape index (κ3) is 3.46. The van der Waals surface area contributed by atoms with Gasteiger partial charge in [-0.15, -0.1) is 11.3 Å². The lowest BCUT2D eigenvalue weighted by atomic mass is 9.61. The average molecular weight is 666 g/mol. The molecule has 0 N–H and O–H groups in total. The van der Waals surface area contributed by atoms with Crippen LogP contribution in [-0.4, -0.2) is 0 Å². The second kappa shape index (κ2) is 10.1.